The first-order valence-electron chi connectivity index (χ1n) is 7.78. The number of ether oxygens (including phenoxy) is 2. The Morgan fingerprint density at radius 1 is 1.35 bits per heavy atom. The van der Waals surface area contributed by atoms with Crippen molar-refractivity contribution in [1.29, 1.82) is 0 Å². The minimum Gasteiger partial charge on any atom is -0.462 e. The molecule has 0 spiro atoms. The van der Waals surface area contributed by atoms with Gasteiger partial charge in [-0.3, -0.25) is 18.9 Å². The Hall–Kier alpha value is -1.69. The molecule has 4 bridgehead atoms. The molecule has 5 atom stereocenters. The fourth-order valence-corrected chi connectivity index (χ4v) is 4.37. The van der Waals surface area contributed by atoms with E-state index in [4.69, 9.17) is 9.29 Å². The molecule has 4 rings (SSSR count). The Labute approximate surface area is 145 Å². The minimum atomic E-state index is -6.02. The first-order chi connectivity index (χ1) is 11.9. The van der Waals surface area contributed by atoms with Gasteiger partial charge < -0.3 is 9.47 Å². The predicted molar refractivity (Wildman–Crippen MR) is 75.1 cm³/mol. The summed E-state index contributed by atoms with van der Waals surface area (Å²) in [5, 5.41) is -5.14. The van der Waals surface area contributed by atoms with Crippen molar-refractivity contribution in [2.45, 2.75) is 43.2 Å². The number of alkyl halides is 3. The number of Topliss-reactive ketones (excluding diaryl/α,β-unsaturated/α-hetero) is 1. The Morgan fingerprint density at radius 2 is 2.00 bits per heavy atom. The lowest BCUT2D eigenvalue weighted by atomic mass is 9.58. The normalized spacial score (nSPS) is 35.0. The maximum atomic E-state index is 13.5. The summed E-state index contributed by atoms with van der Waals surface area (Å²) in [5.74, 6) is -3.97. The second kappa shape index (κ2) is 5.91. The molecule has 0 radical (unpaired) electrons. The van der Waals surface area contributed by atoms with E-state index >= 15 is 0 Å². The summed E-state index contributed by atoms with van der Waals surface area (Å²) in [6.07, 6.45) is -4.10. The molecule has 0 aromatic carbocycles. The molecule has 2 saturated heterocycles. The molecule has 1 N–H and O–H groups in total. The van der Waals surface area contributed by atoms with Gasteiger partial charge in [0.1, 0.15) is 24.4 Å². The van der Waals surface area contributed by atoms with Crippen molar-refractivity contribution in [3.8, 4) is 0 Å². The molecule has 12 heteroatoms. The maximum Gasteiger partial charge on any atom is 0.403 e. The highest BCUT2D eigenvalue weighted by molar-refractivity contribution is 7.86. The highest BCUT2D eigenvalue weighted by atomic mass is 32.2. The Bertz CT molecular complexity index is 766. The van der Waals surface area contributed by atoms with Gasteiger partial charge in [-0.05, 0) is 19.3 Å². The van der Waals surface area contributed by atoms with Gasteiger partial charge in [0, 0.05) is 12.3 Å². The zero-order chi connectivity index (χ0) is 19.5. The van der Waals surface area contributed by atoms with E-state index < -0.39 is 63.4 Å². The van der Waals surface area contributed by atoms with Crippen molar-refractivity contribution in [1.82, 2.24) is 0 Å². The monoisotopic (exact) mass is 400 g/mol. The third-order valence-electron chi connectivity index (χ3n) is 5.21. The summed E-state index contributed by atoms with van der Waals surface area (Å²) in [6, 6.07) is 0. The van der Waals surface area contributed by atoms with E-state index in [1.807, 2.05) is 0 Å². The van der Waals surface area contributed by atoms with Gasteiger partial charge >= 0.3 is 27.3 Å². The smallest absolute Gasteiger partial charge is 0.403 e. The molecule has 0 aromatic heterocycles. The van der Waals surface area contributed by atoms with Gasteiger partial charge in [-0.15, -0.1) is 0 Å². The van der Waals surface area contributed by atoms with E-state index in [2.05, 4.69) is 4.74 Å². The van der Waals surface area contributed by atoms with Crippen LogP contribution in [0.5, 0.6) is 0 Å². The Morgan fingerprint density at radius 3 is 2.62 bits per heavy atom. The van der Waals surface area contributed by atoms with Crippen LogP contribution in [0.3, 0.4) is 0 Å². The zero-order valence-electron chi connectivity index (χ0n) is 13.2. The lowest BCUT2D eigenvalue weighted by molar-refractivity contribution is -0.170. The lowest BCUT2D eigenvalue weighted by Gasteiger charge is -2.43. The summed E-state index contributed by atoms with van der Waals surface area (Å²) in [4.78, 5) is 36.5. The number of halogens is 3. The van der Waals surface area contributed by atoms with Crippen molar-refractivity contribution in [2.75, 3.05) is 6.61 Å². The number of hydrogen-bond donors (Lipinski definition) is 1. The first kappa shape index (κ1) is 19.1. The molecule has 0 amide bonds. The number of esters is 2. The van der Waals surface area contributed by atoms with E-state index in [1.54, 1.807) is 0 Å². The van der Waals surface area contributed by atoms with Gasteiger partial charge in [0.25, 0.3) is 0 Å². The molecule has 2 heterocycles. The fraction of sp³-hybridized carbons (Fsp3) is 0.786. The van der Waals surface area contributed by atoms with E-state index in [0.717, 1.165) is 0 Å². The van der Waals surface area contributed by atoms with Crippen LogP contribution in [0.2, 0.25) is 0 Å². The number of hydrogen-bond acceptors (Lipinski definition) is 7. The van der Waals surface area contributed by atoms with Crippen LogP contribution in [0.15, 0.2) is 0 Å². The zero-order valence-corrected chi connectivity index (χ0v) is 14.0. The summed E-state index contributed by atoms with van der Waals surface area (Å²) in [7, 11) is -6.02. The molecule has 26 heavy (non-hydrogen) atoms. The predicted octanol–water partition coefficient (Wildman–Crippen LogP) is 0.649. The molecule has 4 aliphatic rings. The van der Waals surface area contributed by atoms with Crippen molar-refractivity contribution >= 4 is 27.8 Å². The molecule has 4 fully saturated rings. The molecule has 2 aliphatic carbocycles. The van der Waals surface area contributed by atoms with Crippen molar-refractivity contribution in [2.24, 2.45) is 17.3 Å². The fourth-order valence-electron chi connectivity index (χ4n) is 3.98. The standard InChI is InChI=1S/C14H15F3O8S/c15-9(14(16,17)26(21,22)23)5-24-12(20)13-2-6-1-7(3-13)25-11(19)8(4-13)10(6)18/h6-9H,1-5H2,(H,21,22,23). The highest BCUT2D eigenvalue weighted by Gasteiger charge is 2.61. The summed E-state index contributed by atoms with van der Waals surface area (Å²) in [6.45, 7) is -1.60. The maximum absolute atomic E-state index is 13.5. The molecular formula is C14H15F3O8S. The van der Waals surface area contributed by atoms with Crippen molar-refractivity contribution in [3.05, 3.63) is 0 Å². The molecule has 2 saturated carbocycles. The number of ketones is 1. The number of fused-ring (bicyclic) bond motifs is 1. The molecule has 146 valence electrons. The van der Waals surface area contributed by atoms with Crippen LogP contribution < -0.4 is 0 Å². The second-order valence-electron chi connectivity index (χ2n) is 6.94. The van der Waals surface area contributed by atoms with Crippen LogP contribution in [0.1, 0.15) is 25.7 Å². The number of rotatable bonds is 5. The van der Waals surface area contributed by atoms with Crippen LogP contribution in [0.4, 0.5) is 13.2 Å². The quantitative estimate of drug-likeness (QED) is 0.405. The Kier molecular flexibility index (Phi) is 4.34. The summed E-state index contributed by atoms with van der Waals surface area (Å²) < 4.78 is 79.0. The van der Waals surface area contributed by atoms with Crippen LogP contribution in [-0.2, 0) is 34.0 Å². The van der Waals surface area contributed by atoms with Crippen molar-refractivity contribution < 1.29 is 50.0 Å². The summed E-state index contributed by atoms with van der Waals surface area (Å²) in [5.41, 5.74) is -1.36. The van der Waals surface area contributed by atoms with E-state index in [0.29, 0.717) is 0 Å². The molecule has 0 aromatic rings. The van der Waals surface area contributed by atoms with Crippen molar-refractivity contribution in [3.63, 3.8) is 0 Å². The number of carbonyl (C=O) groups is 3. The van der Waals surface area contributed by atoms with Crippen LogP contribution in [-0.4, -0.2) is 54.8 Å². The molecule has 2 aliphatic heterocycles. The molecule has 8 nitrogen and oxygen atoms in total. The average molecular weight is 400 g/mol. The van der Waals surface area contributed by atoms with Crippen LogP contribution in [0, 0.1) is 17.3 Å². The average Bonchev–Trinajstić information content (AvgIpc) is 2.68. The first-order valence-corrected chi connectivity index (χ1v) is 9.22. The van der Waals surface area contributed by atoms with E-state index in [-0.39, 0.29) is 31.5 Å². The van der Waals surface area contributed by atoms with Gasteiger partial charge in [-0.1, -0.05) is 0 Å². The minimum absolute atomic E-state index is 0.0174. The lowest BCUT2D eigenvalue weighted by Crippen LogP contribution is -2.50. The highest BCUT2D eigenvalue weighted by Crippen LogP contribution is 2.53. The second-order valence-corrected chi connectivity index (χ2v) is 8.44. The third kappa shape index (κ3) is 2.88. The van der Waals surface area contributed by atoms with Gasteiger partial charge in [-0.25, -0.2) is 4.39 Å². The van der Waals surface area contributed by atoms with Gasteiger partial charge in [0.05, 0.1) is 5.41 Å². The van der Waals surface area contributed by atoms with Gasteiger partial charge in [0.2, 0.25) is 6.17 Å². The third-order valence-corrected chi connectivity index (χ3v) is 6.16. The van der Waals surface area contributed by atoms with Crippen LogP contribution >= 0.6 is 0 Å². The number of carbonyl (C=O) groups excluding carboxylic acids is 3. The largest absolute Gasteiger partial charge is 0.462 e. The Balaban J connectivity index is 1.75. The van der Waals surface area contributed by atoms with E-state index in [9.17, 15) is 36.0 Å². The van der Waals surface area contributed by atoms with E-state index in [1.165, 1.54) is 0 Å². The SMILES string of the molecule is O=C1OC2CC3CC(C(=O)OCC(F)C(F)(F)S(=O)(=O)O)(C2)CC1C3=O. The topological polar surface area (TPSA) is 124 Å². The van der Waals surface area contributed by atoms with Gasteiger partial charge in [0.15, 0.2) is 0 Å². The molecular weight excluding hydrogens is 385 g/mol. The van der Waals surface area contributed by atoms with Gasteiger partial charge in [-0.2, -0.15) is 17.2 Å². The van der Waals surface area contributed by atoms with Crippen LogP contribution in [0.25, 0.3) is 0 Å². The molecule has 5 unspecified atom stereocenters. The summed E-state index contributed by atoms with van der Waals surface area (Å²) >= 11 is 0.